The summed E-state index contributed by atoms with van der Waals surface area (Å²) in [5.74, 6) is -0.161. The molecule has 2 rings (SSSR count). The van der Waals surface area contributed by atoms with Crippen molar-refractivity contribution in [1.29, 1.82) is 0 Å². The number of piperidine rings is 1. The van der Waals surface area contributed by atoms with E-state index in [0.29, 0.717) is 31.5 Å². The van der Waals surface area contributed by atoms with Crippen molar-refractivity contribution in [3.63, 3.8) is 0 Å². The minimum atomic E-state index is -3.56. The average molecular weight is 316 g/mol. The Hall–Kier alpha value is -1.02. The molecule has 1 heterocycles. The summed E-state index contributed by atoms with van der Waals surface area (Å²) in [4.78, 5) is 0. The van der Waals surface area contributed by atoms with Gasteiger partial charge in [-0.05, 0) is 43.4 Å². The van der Waals surface area contributed by atoms with Crippen LogP contribution in [0.3, 0.4) is 0 Å². The third-order valence-corrected chi connectivity index (χ3v) is 5.56. The summed E-state index contributed by atoms with van der Waals surface area (Å²) < 4.78 is 41.5. The fraction of sp³-hybridized carbons (Fsp3) is 0.571. The van der Waals surface area contributed by atoms with Gasteiger partial charge < -0.3 is 5.11 Å². The number of nitrogens with zero attached hydrogens (tertiary/aromatic N) is 1. The minimum absolute atomic E-state index is 0.104. The number of aliphatic hydroxyl groups is 1. The molecule has 21 heavy (non-hydrogen) atoms. The number of nitrogens with one attached hydrogen (secondary N) is 1. The van der Waals surface area contributed by atoms with E-state index in [-0.39, 0.29) is 18.3 Å². The van der Waals surface area contributed by atoms with E-state index in [1.54, 1.807) is 19.1 Å². The lowest BCUT2D eigenvalue weighted by Crippen LogP contribution is -2.46. The molecule has 1 aliphatic rings. The molecule has 7 heteroatoms. The Morgan fingerprint density at radius 1 is 1.33 bits per heavy atom. The number of benzene rings is 1. The van der Waals surface area contributed by atoms with Gasteiger partial charge in [-0.15, -0.1) is 0 Å². The molecule has 1 aliphatic heterocycles. The van der Waals surface area contributed by atoms with E-state index < -0.39 is 16.3 Å². The molecule has 118 valence electrons. The van der Waals surface area contributed by atoms with Gasteiger partial charge in [-0.25, -0.2) is 4.39 Å². The van der Waals surface area contributed by atoms with E-state index in [1.165, 1.54) is 16.4 Å². The zero-order chi connectivity index (χ0) is 15.5. The quantitative estimate of drug-likeness (QED) is 0.863. The van der Waals surface area contributed by atoms with Gasteiger partial charge in [0, 0.05) is 25.7 Å². The summed E-state index contributed by atoms with van der Waals surface area (Å²) in [6.45, 7) is 2.66. The van der Waals surface area contributed by atoms with Crippen molar-refractivity contribution in [1.82, 2.24) is 9.03 Å². The molecule has 0 radical (unpaired) electrons. The van der Waals surface area contributed by atoms with Crippen molar-refractivity contribution in [3.05, 3.63) is 35.6 Å². The maximum Gasteiger partial charge on any atom is 0.279 e. The molecule has 5 nitrogen and oxygen atoms in total. The Balaban J connectivity index is 1.99. The van der Waals surface area contributed by atoms with Crippen LogP contribution in [0.4, 0.5) is 4.39 Å². The summed E-state index contributed by atoms with van der Waals surface area (Å²) in [7, 11) is -3.56. The second-order valence-electron chi connectivity index (χ2n) is 5.42. The molecule has 0 spiro atoms. The predicted octanol–water partition coefficient (Wildman–Crippen LogP) is 1.43. The first-order chi connectivity index (χ1) is 9.92. The van der Waals surface area contributed by atoms with Crippen LogP contribution < -0.4 is 4.72 Å². The molecule has 0 aliphatic carbocycles. The van der Waals surface area contributed by atoms with Gasteiger partial charge in [-0.1, -0.05) is 12.1 Å². The van der Waals surface area contributed by atoms with Crippen molar-refractivity contribution in [2.45, 2.75) is 25.8 Å². The lowest BCUT2D eigenvalue weighted by molar-refractivity contribution is 0.169. The van der Waals surface area contributed by atoms with Crippen LogP contribution in [0.25, 0.3) is 0 Å². The summed E-state index contributed by atoms with van der Waals surface area (Å²) in [5.41, 5.74) is 0.713. The maximum absolute atomic E-state index is 12.9. The summed E-state index contributed by atoms with van der Waals surface area (Å²) in [6.07, 6.45) is 1.34. The zero-order valence-electron chi connectivity index (χ0n) is 12.0. The number of halogens is 1. The largest absolute Gasteiger partial charge is 0.396 e. The fourth-order valence-electron chi connectivity index (χ4n) is 2.45. The van der Waals surface area contributed by atoms with E-state index in [4.69, 9.17) is 5.11 Å². The Morgan fingerprint density at radius 3 is 2.43 bits per heavy atom. The third-order valence-electron chi connectivity index (χ3n) is 3.87. The smallest absolute Gasteiger partial charge is 0.279 e. The second-order valence-corrected chi connectivity index (χ2v) is 7.12. The molecule has 2 N–H and O–H groups in total. The van der Waals surface area contributed by atoms with Crippen LogP contribution in [-0.4, -0.2) is 37.5 Å². The highest BCUT2D eigenvalue weighted by atomic mass is 32.2. The Morgan fingerprint density at radius 2 is 1.90 bits per heavy atom. The van der Waals surface area contributed by atoms with Crippen molar-refractivity contribution in [3.8, 4) is 0 Å². The number of hydrogen-bond donors (Lipinski definition) is 2. The van der Waals surface area contributed by atoms with Crippen LogP contribution in [0.2, 0.25) is 0 Å². The summed E-state index contributed by atoms with van der Waals surface area (Å²) in [6, 6.07) is 5.34. The monoisotopic (exact) mass is 316 g/mol. The van der Waals surface area contributed by atoms with Crippen LogP contribution >= 0.6 is 0 Å². The van der Waals surface area contributed by atoms with Gasteiger partial charge >= 0.3 is 0 Å². The van der Waals surface area contributed by atoms with Gasteiger partial charge in [-0.3, -0.25) is 0 Å². The fourth-order valence-corrected chi connectivity index (χ4v) is 3.87. The van der Waals surface area contributed by atoms with Crippen molar-refractivity contribution in [2.24, 2.45) is 5.92 Å². The topological polar surface area (TPSA) is 69.6 Å². The van der Waals surface area contributed by atoms with Crippen molar-refractivity contribution in [2.75, 3.05) is 19.7 Å². The molecule has 0 amide bonds. The Labute approximate surface area is 125 Å². The standard InChI is InChI=1S/C14H21FN2O3S/c1-11(13-2-4-14(15)5-3-13)16-21(19,20)17-8-6-12(10-18)7-9-17/h2-5,11-12,16,18H,6-10H2,1H3. The normalized spacial score (nSPS) is 19.6. The van der Waals surface area contributed by atoms with Crippen LogP contribution in [0.1, 0.15) is 31.4 Å². The first kappa shape index (κ1) is 16.4. The van der Waals surface area contributed by atoms with Gasteiger partial charge in [0.05, 0.1) is 0 Å². The minimum Gasteiger partial charge on any atom is -0.396 e. The van der Waals surface area contributed by atoms with E-state index in [0.717, 1.165) is 0 Å². The van der Waals surface area contributed by atoms with E-state index in [2.05, 4.69) is 4.72 Å². The highest BCUT2D eigenvalue weighted by molar-refractivity contribution is 7.87. The third kappa shape index (κ3) is 4.23. The molecular weight excluding hydrogens is 295 g/mol. The number of aliphatic hydroxyl groups excluding tert-OH is 1. The number of rotatable bonds is 5. The molecule has 1 saturated heterocycles. The van der Waals surface area contributed by atoms with Gasteiger partial charge in [0.2, 0.25) is 0 Å². The zero-order valence-corrected chi connectivity index (χ0v) is 12.8. The van der Waals surface area contributed by atoms with Gasteiger partial charge in [0.25, 0.3) is 10.2 Å². The molecule has 1 aromatic rings. The molecule has 1 fully saturated rings. The van der Waals surface area contributed by atoms with E-state index in [1.807, 2.05) is 0 Å². The second kappa shape index (κ2) is 6.83. The molecule has 1 aromatic carbocycles. The molecule has 1 atom stereocenters. The summed E-state index contributed by atoms with van der Waals surface area (Å²) >= 11 is 0. The Kier molecular flexibility index (Phi) is 5.32. The molecule has 1 unspecified atom stereocenters. The summed E-state index contributed by atoms with van der Waals surface area (Å²) in [5, 5.41) is 9.08. The Bertz CT molecular complexity index is 554. The molecular formula is C14H21FN2O3S. The van der Waals surface area contributed by atoms with Crippen LogP contribution in [-0.2, 0) is 10.2 Å². The SMILES string of the molecule is CC(NS(=O)(=O)N1CCC(CO)CC1)c1ccc(F)cc1. The predicted molar refractivity (Wildman–Crippen MR) is 78.3 cm³/mol. The van der Waals surface area contributed by atoms with Crippen molar-refractivity contribution >= 4 is 10.2 Å². The van der Waals surface area contributed by atoms with Crippen LogP contribution in [0, 0.1) is 11.7 Å². The van der Waals surface area contributed by atoms with Crippen molar-refractivity contribution < 1.29 is 17.9 Å². The lowest BCUT2D eigenvalue weighted by Gasteiger charge is -2.31. The first-order valence-electron chi connectivity index (χ1n) is 7.06. The maximum atomic E-state index is 12.9. The molecule has 0 aromatic heterocycles. The lowest BCUT2D eigenvalue weighted by atomic mass is 10.00. The van der Waals surface area contributed by atoms with Crippen LogP contribution in [0.15, 0.2) is 24.3 Å². The molecule has 0 saturated carbocycles. The van der Waals surface area contributed by atoms with Crippen LogP contribution in [0.5, 0.6) is 0 Å². The first-order valence-corrected chi connectivity index (χ1v) is 8.50. The number of hydrogen-bond acceptors (Lipinski definition) is 3. The van der Waals surface area contributed by atoms with Gasteiger partial charge in [-0.2, -0.15) is 17.4 Å². The highest BCUT2D eigenvalue weighted by Crippen LogP contribution is 2.20. The van der Waals surface area contributed by atoms with Gasteiger partial charge in [0.1, 0.15) is 5.82 Å². The van der Waals surface area contributed by atoms with Gasteiger partial charge in [0.15, 0.2) is 0 Å². The highest BCUT2D eigenvalue weighted by Gasteiger charge is 2.28. The molecule has 0 bridgehead atoms. The van der Waals surface area contributed by atoms with E-state index in [9.17, 15) is 12.8 Å². The van der Waals surface area contributed by atoms with E-state index >= 15 is 0 Å². The average Bonchev–Trinajstić information content (AvgIpc) is 2.47.